The fraction of sp³-hybridized carbons (Fsp3) is 0.300. The molecule has 0 atom stereocenters. The molecule has 0 aliphatic carbocycles. The topological polar surface area (TPSA) is 58.2 Å². The molecule has 0 saturated heterocycles. The van der Waals surface area contributed by atoms with Crippen LogP contribution in [0.25, 0.3) is 0 Å². The summed E-state index contributed by atoms with van der Waals surface area (Å²) in [4.78, 5) is 25.0. The lowest BCUT2D eigenvalue weighted by Crippen LogP contribution is -2.45. The molecule has 0 unspecified atom stereocenters. The van der Waals surface area contributed by atoms with Crippen LogP contribution in [0.15, 0.2) is 42.5 Å². The summed E-state index contributed by atoms with van der Waals surface area (Å²) in [7, 11) is 0. The fourth-order valence-corrected chi connectivity index (χ4v) is 2.61. The Kier molecular flexibility index (Phi) is 6.37. The van der Waals surface area contributed by atoms with Gasteiger partial charge in [-0.15, -0.1) is 0 Å². The van der Waals surface area contributed by atoms with E-state index < -0.39 is 17.2 Å². The zero-order valence-electron chi connectivity index (χ0n) is 15.0. The second kappa shape index (κ2) is 8.32. The summed E-state index contributed by atoms with van der Waals surface area (Å²) >= 11 is 5.91. The van der Waals surface area contributed by atoms with E-state index in [1.165, 1.54) is 6.07 Å². The van der Waals surface area contributed by atoms with E-state index in [2.05, 4.69) is 10.6 Å². The van der Waals surface area contributed by atoms with Crippen molar-refractivity contribution in [3.8, 4) is 0 Å². The smallest absolute Gasteiger partial charge is 0.239 e. The summed E-state index contributed by atoms with van der Waals surface area (Å²) in [6.07, 6.45) is 0.354. The zero-order valence-corrected chi connectivity index (χ0v) is 15.8. The van der Waals surface area contributed by atoms with Gasteiger partial charge in [-0.05, 0) is 62.6 Å². The molecule has 138 valence electrons. The van der Waals surface area contributed by atoms with Gasteiger partial charge in [0.1, 0.15) is 11.2 Å². The van der Waals surface area contributed by atoms with E-state index in [1.54, 1.807) is 50.2 Å². The van der Waals surface area contributed by atoms with Gasteiger partial charge < -0.3 is 10.6 Å². The highest BCUT2D eigenvalue weighted by Gasteiger charge is 2.36. The first-order chi connectivity index (χ1) is 12.2. The molecule has 26 heavy (non-hydrogen) atoms. The Hall–Kier alpha value is -2.40. The van der Waals surface area contributed by atoms with E-state index in [-0.39, 0.29) is 12.4 Å². The standard InChI is InChI=1S/C20H22ClFN2O2/c1-13-12-15(21)8-9-17(13)24-19(26)20(2,3)18(25)23-11-10-14-6-4-5-7-16(14)22/h4-9,12H,10-11H2,1-3H3,(H,23,25)(H,24,26). The number of aryl methyl sites for hydroxylation is 1. The van der Waals surface area contributed by atoms with Gasteiger partial charge in [-0.2, -0.15) is 0 Å². The zero-order chi connectivity index (χ0) is 19.3. The van der Waals surface area contributed by atoms with Gasteiger partial charge in [0.15, 0.2) is 0 Å². The summed E-state index contributed by atoms with van der Waals surface area (Å²) in [5, 5.41) is 6.03. The van der Waals surface area contributed by atoms with Crippen LogP contribution in [-0.2, 0) is 16.0 Å². The molecule has 0 spiro atoms. The van der Waals surface area contributed by atoms with E-state index in [0.29, 0.717) is 22.7 Å². The summed E-state index contributed by atoms with van der Waals surface area (Å²) in [5.74, 6) is -1.15. The van der Waals surface area contributed by atoms with Crippen LogP contribution in [0.4, 0.5) is 10.1 Å². The normalized spacial score (nSPS) is 11.1. The summed E-state index contributed by atoms with van der Waals surface area (Å²) in [6, 6.07) is 11.5. The summed E-state index contributed by atoms with van der Waals surface area (Å²) in [6.45, 7) is 5.16. The van der Waals surface area contributed by atoms with E-state index in [1.807, 2.05) is 6.92 Å². The van der Waals surface area contributed by atoms with Crippen LogP contribution < -0.4 is 10.6 Å². The summed E-state index contributed by atoms with van der Waals surface area (Å²) in [5.41, 5.74) is 0.654. The lowest BCUT2D eigenvalue weighted by molar-refractivity contribution is -0.138. The average molecular weight is 377 g/mol. The van der Waals surface area contributed by atoms with E-state index >= 15 is 0 Å². The molecule has 0 aliphatic heterocycles. The molecule has 0 saturated carbocycles. The molecule has 0 fully saturated rings. The highest BCUT2D eigenvalue weighted by atomic mass is 35.5. The quantitative estimate of drug-likeness (QED) is 0.745. The number of rotatable bonds is 6. The summed E-state index contributed by atoms with van der Waals surface area (Å²) < 4.78 is 13.6. The number of halogens is 2. The number of carbonyl (C=O) groups excluding carboxylic acids is 2. The van der Waals surface area contributed by atoms with E-state index in [9.17, 15) is 14.0 Å². The Balaban J connectivity index is 1.95. The first kappa shape index (κ1) is 19.9. The van der Waals surface area contributed by atoms with Crippen LogP contribution in [0, 0.1) is 18.2 Å². The molecule has 0 bridgehead atoms. The molecule has 2 aromatic carbocycles. The van der Waals surface area contributed by atoms with Crippen molar-refractivity contribution in [2.45, 2.75) is 27.2 Å². The van der Waals surface area contributed by atoms with Crippen molar-refractivity contribution in [1.82, 2.24) is 5.32 Å². The Labute approximate surface area is 157 Å². The van der Waals surface area contributed by atoms with Crippen molar-refractivity contribution >= 4 is 29.1 Å². The molecule has 2 aromatic rings. The van der Waals surface area contributed by atoms with Crippen LogP contribution >= 0.6 is 11.6 Å². The van der Waals surface area contributed by atoms with Crippen molar-refractivity contribution in [2.75, 3.05) is 11.9 Å². The minimum absolute atomic E-state index is 0.246. The fourth-order valence-electron chi connectivity index (χ4n) is 2.38. The van der Waals surface area contributed by atoms with Crippen molar-refractivity contribution in [3.05, 3.63) is 64.4 Å². The predicted molar refractivity (Wildman–Crippen MR) is 102 cm³/mol. The highest BCUT2D eigenvalue weighted by molar-refractivity contribution is 6.30. The second-order valence-corrected chi connectivity index (χ2v) is 7.07. The molecule has 2 amide bonds. The molecule has 0 aliphatic rings. The van der Waals surface area contributed by atoms with Crippen LogP contribution in [0.5, 0.6) is 0 Å². The van der Waals surface area contributed by atoms with Crippen LogP contribution in [0.1, 0.15) is 25.0 Å². The number of benzene rings is 2. The molecular weight excluding hydrogens is 355 g/mol. The Morgan fingerprint density at radius 3 is 2.46 bits per heavy atom. The van der Waals surface area contributed by atoms with Crippen molar-refractivity contribution < 1.29 is 14.0 Å². The minimum Gasteiger partial charge on any atom is -0.355 e. The third-order valence-corrected chi connectivity index (χ3v) is 4.44. The molecule has 0 radical (unpaired) electrons. The first-order valence-electron chi connectivity index (χ1n) is 8.31. The number of anilines is 1. The van der Waals surface area contributed by atoms with Crippen molar-refractivity contribution in [3.63, 3.8) is 0 Å². The van der Waals surface area contributed by atoms with Gasteiger partial charge in [0.05, 0.1) is 0 Å². The Morgan fingerprint density at radius 2 is 1.81 bits per heavy atom. The van der Waals surface area contributed by atoms with Crippen molar-refractivity contribution in [2.24, 2.45) is 5.41 Å². The van der Waals surface area contributed by atoms with Crippen LogP contribution in [-0.4, -0.2) is 18.4 Å². The van der Waals surface area contributed by atoms with E-state index in [0.717, 1.165) is 5.56 Å². The van der Waals surface area contributed by atoms with E-state index in [4.69, 9.17) is 11.6 Å². The first-order valence-corrected chi connectivity index (χ1v) is 8.69. The molecule has 4 nitrogen and oxygen atoms in total. The lowest BCUT2D eigenvalue weighted by atomic mass is 9.90. The maximum Gasteiger partial charge on any atom is 0.239 e. The molecule has 6 heteroatoms. The van der Waals surface area contributed by atoms with Gasteiger partial charge in [-0.25, -0.2) is 4.39 Å². The highest BCUT2D eigenvalue weighted by Crippen LogP contribution is 2.23. The Morgan fingerprint density at radius 1 is 1.12 bits per heavy atom. The maximum atomic E-state index is 13.6. The molecule has 0 heterocycles. The van der Waals surface area contributed by atoms with Crippen LogP contribution in [0.2, 0.25) is 5.02 Å². The Bertz CT molecular complexity index is 821. The lowest BCUT2D eigenvalue weighted by Gasteiger charge is -2.23. The molecule has 2 N–H and O–H groups in total. The minimum atomic E-state index is -1.28. The number of amides is 2. The average Bonchev–Trinajstić information content (AvgIpc) is 2.58. The van der Waals surface area contributed by atoms with Gasteiger partial charge >= 0.3 is 0 Å². The third-order valence-electron chi connectivity index (χ3n) is 4.21. The van der Waals surface area contributed by atoms with Gasteiger partial charge in [-0.3, -0.25) is 9.59 Å². The number of nitrogens with one attached hydrogen (secondary N) is 2. The van der Waals surface area contributed by atoms with Crippen LogP contribution in [0.3, 0.4) is 0 Å². The third kappa shape index (κ3) is 4.82. The second-order valence-electron chi connectivity index (χ2n) is 6.64. The number of hydrogen-bond donors (Lipinski definition) is 2. The van der Waals surface area contributed by atoms with Gasteiger partial charge in [-0.1, -0.05) is 29.8 Å². The van der Waals surface area contributed by atoms with Gasteiger partial charge in [0, 0.05) is 17.3 Å². The monoisotopic (exact) mass is 376 g/mol. The predicted octanol–water partition coefficient (Wildman–Crippen LogP) is 4.11. The van der Waals surface area contributed by atoms with Gasteiger partial charge in [0.2, 0.25) is 11.8 Å². The largest absolute Gasteiger partial charge is 0.355 e. The molecular formula is C20H22ClFN2O2. The van der Waals surface area contributed by atoms with Crippen molar-refractivity contribution in [1.29, 1.82) is 0 Å². The number of carbonyl (C=O) groups is 2. The maximum absolute atomic E-state index is 13.6. The van der Waals surface area contributed by atoms with Gasteiger partial charge in [0.25, 0.3) is 0 Å². The SMILES string of the molecule is Cc1cc(Cl)ccc1NC(=O)C(C)(C)C(=O)NCCc1ccccc1F. The molecule has 0 aromatic heterocycles. The number of hydrogen-bond acceptors (Lipinski definition) is 2. The molecule has 2 rings (SSSR count).